The van der Waals surface area contributed by atoms with E-state index in [0.29, 0.717) is 10.2 Å². The predicted octanol–water partition coefficient (Wildman–Crippen LogP) is 3.33. The Balaban J connectivity index is 2.18. The second-order valence-electron chi connectivity index (χ2n) is 3.70. The number of anilines is 1. The van der Waals surface area contributed by atoms with Crippen LogP contribution in [0.25, 0.3) is 0 Å². The Hall–Kier alpha value is -0.410. The van der Waals surface area contributed by atoms with Gasteiger partial charge < -0.3 is 5.73 Å². The van der Waals surface area contributed by atoms with Gasteiger partial charge in [-0.05, 0) is 61.5 Å². The van der Waals surface area contributed by atoms with E-state index in [2.05, 4.69) is 36.6 Å². The van der Waals surface area contributed by atoms with Crippen molar-refractivity contribution in [2.24, 2.45) is 0 Å². The standard InChI is InChI=1S/C11H10Br2N2O2S2/c12-8-2-1-7(5-10(8)14)19(16,17)15-6-11-9(13)3-4-18-11/h1-5,15H,6,14H2. The Labute approximate surface area is 132 Å². The number of nitrogens with two attached hydrogens (primary N) is 1. The van der Waals surface area contributed by atoms with E-state index >= 15 is 0 Å². The molecule has 0 saturated heterocycles. The fraction of sp³-hybridized carbons (Fsp3) is 0.0909. The molecule has 0 unspecified atom stereocenters. The molecule has 1 aromatic carbocycles. The maximum Gasteiger partial charge on any atom is 0.240 e. The van der Waals surface area contributed by atoms with E-state index in [1.54, 1.807) is 6.07 Å². The summed E-state index contributed by atoms with van der Waals surface area (Å²) >= 11 is 8.08. The van der Waals surface area contributed by atoms with Crippen LogP contribution in [0.3, 0.4) is 0 Å². The smallest absolute Gasteiger partial charge is 0.240 e. The average molecular weight is 426 g/mol. The zero-order valence-electron chi connectivity index (χ0n) is 9.56. The van der Waals surface area contributed by atoms with Gasteiger partial charge in [-0.25, -0.2) is 13.1 Å². The highest BCUT2D eigenvalue weighted by molar-refractivity contribution is 9.11. The number of nitrogen functional groups attached to an aromatic ring is 1. The van der Waals surface area contributed by atoms with Crippen molar-refractivity contribution >= 4 is 58.9 Å². The molecule has 4 nitrogen and oxygen atoms in total. The summed E-state index contributed by atoms with van der Waals surface area (Å²) in [6, 6.07) is 6.43. The Bertz CT molecular complexity index is 698. The Kier molecular flexibility index (Phi) is 4.67. The van der Waals surface area contributed by atoms with Crippen LogP contribution in [-0.4, -0.2) is 8.42 Å². The van der Waals surface area contributed by atoms with Crippen molar-refractivity contribution in [2.75, 3.05) is 5.73 Å². The van der Waals surface area contributed by atoms with Gasteiger partial charge in [-0.1, -0.05) is 0 Å². The molecule has 3 N–H and O–H groups in total. The van der Waals surface area contributed by atoms with E-state index in [-0.39, 0.29) is 11.4 Å². The third-order valence-electron chi connectivity index (χ3n) is 2.39. The van der Waals surface area contributed by atoms with Gasteiger partial charge >= 0.3 is 0 Å². The zero-order valence-corrected chi connectivity index (χ0v) is 14.4. The first kappa shape index (κ1) is 15.0. The highest BCUT2D eigenvalue weighted by Gasteiger charge is 2.15. The Morgan fingerprint density at radius 2 is 1.95 bits per heavy atom. The number of hydrogen-bond donors (Lipinski definition) is 2. The summed E-state index contributed by atoms with van der Waals surface area (Å²) in [6.45, 7) is 0.247. The zero-order chi connectivity index (χ0) is 14.0. The van der Waals surface area contributed by atoms with Crippen LogP contribution >= 0.6 is 43.2 Å². The van der Waals surface area contributed by atoms with Crippen LogP contribution < -0.4 is 10.5 Å². The van der Waals surface area contributed by atoms with Gasteiger partial charge in [-0.3, -0.25) is 0 Å². The van der Waals surface area contributed by atoms with Gasteiger partial charge in [0.1, 0.15) is 0 Å². The first-order valence-electron chi connectivity index (χ1n) is 5.17. The van der Waals surface area contributed by atoms with E-state index in [9.17, 15) is 8.42 Å². The molecule has 102 valence electrons. The number of sulfonamides is 1. The highest BCUT2D eigenvalue weighted by Crippen LogP contribution is 2.25. The molecule has 0 radical (unpaired) electrons. The Morgan fingerprint density at radius 3 is 2.53 bits per heavy atom. The molecule has 0 amide bonds. The molecule has 0 aliphatic carbocycles. The normalized spacial score (nSPS) is 11.7. The van der Waals surface area contributed by atoms with Gasteiger partial charge in [-0.15, -0.1) is 11.3 Å². The number of halogens is 2. The second-order valence-corrected chi connectivity index (χ2v) is 8.18. The summed E-state index contributed by atoms with van der Waals surface area (Å²) in [4.78, 5) is 1.08. The van der Waals surface area contributed by atoms with Crippen LogP contribution in [0, 0.1) is 0 Å². The number of benzene rings is 1. The molecule has 0 fully saturated rings. The maximum absolute atomic E-state index is 12.1. The molecule has 19 heavy (non-hydrogen) atoms. The van der Waals surface area contributed by atoms with Crippen molar-refractivity contribution in [1.82, 2.24) is 4.72 Å². The molecular weight excluding hydrogens is 416 g/mol. The fourth-order valence-electron chi connectivity index (χ4n) is 1.38. The predicted molar refractivity (Wildman–Crippen MR) is 84.6 cm³/mol. The van der Waals surface area contributed by atoms with Gasteiger partial charge in [0.15, 0.2) is 0 Å². The minimum absolute atomic E-state index is 0.154. The van der Waals surface area contributed by atoms with Crippen molar-refractivity contribution in [2.45, 2.75) is 11.4 Å². The first-order chi connectivity index (χ1) is 8.90. The monoisotopic (exact) mass is 424 g/mol. The van der Waals surface area contributed by atoms with E-state index in [4.69, 9.17) is 5.73 Å². The maximum atomic E-state index is 12.1. The summed E-state index contributed by atoms with van der Waals surface area (Å²) < 4.78 is 28.3. The fourth-order valence-corrected chi connectivity index (χ4v) is 4.18. The van der Waals surface area contributed by atoms with Crippen molar-refractivity contribution in [1.29, 1.82) is 0 Å². The van der Waals surface area contributed by atoms with Crippen molar-refractivity contribution in [3.63, 3.8) is 0 Å². The molecular formula is C11H10Br2N2O2S2. The van der Waals surface area contributed by atoms with Gasteiger partial charge in [0.05, 0.1) is 4.90 Å². The molecule has 0 bridgehead atoms. The molecule has 2 rings (SSSR count). The van der Waals surface area contributed by atoms with Gasteiger partial charge in [0.2, 0.25) is 10.0 Å². The van der Waals surface area contributed by atoms with Crippen LogP contribution in [0.1, 0.15) is 4.88 Å². The largest absolute Gasteiger partial charge is 0.398 e. The lowest BCUT2D eigenvalue weighted by atomic mass is 10.3. The van der Waals surface area contributed by atoms with Crippen LogP contribution in [-0.2, 0) is 16.6 Å². The molecule has 1 aromatic heterocycles. The van der Waals surface area contributed by atoms with Crippen molar-refractivity contribution in [3.05, 3.63) is 43.5 Å². The minimum atomic E-state index is -3.56. The molecule has 1 heterocycles. The van der Waals surface area contributed by atoms with Crippen molar-refractivity contribution in [3.8, 4) is 0 Å². The lowest BCUT2D eigenvalue weighted by molar-refractivity contribution is 0.582. The molecule has 0 saturated carbocycles. The molecule has 2 aromatic rings. The second kappa shape index (κ2) is 5.92. The van der Waals surface area contributed by atoms with E-state index in [0.717, 1.165) is 9.35 Å². The lowest BCUT2D eigenvalue weighted by Gasteiger charge is -2.07. The number of rotatable bonds is 4. The van der Waals surface area contributed by atoms with Gasteiger partial charge in [-0.2, -0.15) is 0 Å². The molecule has 0 spiro atoms. The Morgan fingerprint density at radius 1 is 1.21 bits per heavy atom. The number of thiophene rings is 1. The third kappa shape index (κ3) is 3.57. The summed E-state index contributed by atoms with van der Waals surface area (Å²) in [5.41, 5.74) is 6.08. The number of hydrogen-bond acceptors (Lipinski definition) is 4. The average Bonchev–Trinajstić information content (AvgIpc) is 2.76. The van der Waals surface area contributed by atoms with Crippen LogP contribution in [0.5, 0.6) is 0 Å². The lowest BCUT2D eigenvalue weighted by Crippen LogP contribution is -2.23. The molecule has 8 heteroatoms. The summed E-state index contributed by atoms with van der Waals surface area (Å²) in [7, 11) is -3.56. The topological polar surface area (TPSA) is 72.2 Å². The minimum Gasteiger partial charge on any atom is -0.398 e. The summed E-state index contributed by atoms with van der Waals surface area (Å²) in [5.74, 6) is 0. The van der Waals surface area contributed by atoms with Gasteiger partial charge in [0.25, 0.3) is 0 Å². The molecule has 0 aliphatic heterocycles. The van der Waals surface area contributed by atoms with Crippen LogP contribution in [0.2, 0.25) is 0 Å². The van der Waals surface area contributed by atoms with Crippen LogP contribution in [0.15, 0.2) is 43.5 Å². The quantitative estimate of drug-likeness (QED) is 0.737. The van der Waals surface area contributed by atoms with E-state index in [1.807, 2.05) is 11.4 Å². The number of nitrogens with one attached hydrogen (secondary N) is 1. The van der Waals surface area contributed by atoms with Crippen LogP contribution in [0.4, 0.5) is 5.69 Å². The van der Waals surface area contributed by atoms with E-state index in [1.165, 1.54) is 23.5 Å². The summed E-state index contributed by atoms with van der Waals surface area (Å²) in [6.07, 6.45) is 0. The molecule has 0 aliphatic rings. The summed E-state index contributed by atoms with van der Waals surface area (Å²) in [5, 5.41) is 1.89. The third-order valence-corrected chi connectivity index (χ3v) is 6.44. The highest BCUT2D eigenvalue weighted by atomic mass is 79.9. The molecule has 0 atom stereocenters. The van der Waals surface area contributed by atoms with E-state index < -0.39 is 10.0 Å². The SMILES string of the molecule is Nc1cc(S(=O)(=O)NCc2sccc2Br)ccc1Br. The first-order valence-corrected chi connectivity index (χ1v) is 9.11. The van der Waals surface area contributed by atoms with Crippen molar-refractivity contribution < 1.29 is 8.42 Å². The van der Waals surface area contributed by atoms with Gasteiger partial charge in [0, 0.05) is 26.1 Å².